The van der Waals surface area contributed by atoms with Crippen molar-refractivity contribution in [2.24, 2.45) is 0 Å². The largest absolute Gasteiger partial charge is 0.375 e. The van der Waals surface area contributed by atoms with E-state index in [1.807, 2.05) is 17.0 Å². The quantitative estimate of drug-likeness (QED) is 0.755. The number of methoxy groups -OCH3 is 1. The molecule has 0 unspecified atom stereocenters. The van der Waals surface area contributed by atoms with E-state index >= 15 is 0 Å². The Hall–Kier alpha value is -2.54. The van der Waals surface area contributed by atoms with Gasteiger partial charge in [-0.15, -0.1) is 0 Å². The van der Waals surface area contributed by atoms with Crippen LogP contribution in [0.5, 0.6) is 0 Å². The minimum Gasteiger partial charge on any atom is -0.375 e. The van der Waals surface area contributed by atoms with Crippen LogP contribution in [0.25, 0.3) is 0 Å². The van der Waals surface area contributed by atoms with Crippen LogP contribution in [0, 0.1) is 12.7 Å². The van der Waals surface area contributed by atoms with Crippen LogP contribution in [-0.4, -0.2) is 54.1 Å². The van der Waals surface area contributed by atoms with Crippen molar-refractivity contribution in [3.8, 4) is 0 Å². The molecule has 1 atom stereocenters. The van der Waals surface area contributed by atoms with Gasteiger partial charge in [0.2, 0.25) is 5.91 Å². The van der Waals surface area contributed by atoms with E-state index in [9.17, 15) is 9.18 Å². The molecule has 6 nitrogen and oxygen atoms in total. The van der Waals surface area contributed by atoms with Gasteiger partial charge in [0.25, 0.3) is 0 Å². The van der Waals surface area contributed by atoms with E-state index in [-0.39, 0.29) is 24.2 Å². The number of rotatable bonds is 5. The number of fused-ring (bicyclic) bond motifs is 1. The van der Waals surface area contributed by atoms with Crippen molar-refractivity contribution >= 4 is 11.7 Å². The second-order valence-corrected chi connectivity index (χ2v) is 8.23. The van der Waals surface area contributed by atoms with Gasteiger partial charge < -0.3 is 14.5 Å². The lowest BCUT2D eigenvalue weighted by atomic mass is 9.96. The summed E-state index contributed by atoms with van der Waals surface area (Å²) >= 11 is 0. The Morgan fingerprint density at radius 1 is 1.20 bits per heavy atom. The summed E-state index contributed by atoms with van der Waals surface area (Å²) in [6.07, 6.45) is 3.96. The summed E-state index contributed by atoms with van der Waals surface area (Å²) in [5.74, 6) is 1.76. The van der Waals surface area contributed by atoms with Crippen molar-refractivity contribution < 1.29 is 13.9 Å². The molecule has 1 aromatic carbocycles. The van der Waals surface area contributed by atoms with Gasteiger partial charge in [-0.05, 0) is 50.3 Å². The Balaban J connectivity index is 1.58. The number of benzene rings is 1. The maximum Gasteiger partial charge on any atom is 0.248 e. The molecule has 30 heavy (non-hydrogen) atoms. The first-order chi connectivity index (χ1) is 14.5. The molecule has 2 aliphatic rings. The van der Waals surface area contributed by atoms with Crippen molar-refractivity contribution in [1.82, 2.24) is 14.9 Å². The normalized spacial score (nSPS) is 19.0. The number of aromatic nitrogens is 2. The van der Waals surface area contributed by atoms with Crippen LogP contribution in [0.15, 0.2) is 24.3 Å². The summed E-state index contributed by atoms with van der Waals surface area (Å²) < 4.78 is 18.3. The van der Waals surface area contributed by atoms with Gasteiger partial charge in [-0.1, -0.05) is 12.1 Å². The molecule has 0 N–H and O–H groups in total. The summed E-state index contributed by atoms with van der Waals surface area (Å²) in [5, 5.41) is 0. The van der Waals surface area contributed by atoms with Gasteiger partial charge in [-0.25, -0.2) is 14.4 Å². The Kier molecular flexibility index (Phi) is 6.27. The van der Waals surface area contributed by atoms with Gasteiger partial charge in [0, 0.05) is 50.5 Å². The molecule has 4 rings (SSSR count). The average Bonchev–Trinajstić information content (AvgIpc) is 2.76. The summed E-state index contributed by atoms with van der Waals surface area (Å²) in [6.45, 7) is 5.19. The summed E-state index contributed by atoms with van der Waals surface area (Å²) in [7, 11) is 1.55. The summed E-state index contributed by atoms with van der Waals surface area (Å²) in [5.41, 5.74) is 3.30. The molecule has 0 saturated carbocycles. The molecule has 2 aromatic rings. The Bertz CT molecular complexity index is 903. The van der Waals surface area contributed by atoms with Crippen LogP contribution in [0.4, 0.5) is 10.2 Å². The maximum atomic E-state index is 13.3. The molecular formula is C23H29FN4O2. The zero-order valence-electron chi connectivity index (χ0n) is 17.7. The molecule has 1 amide bonds. The van der Waals surface area contributed by atoms with Gasteiger partial charge in [0.05, 0.1) is 0 Å². The molecule has 3 heterocycles. The number of nitrogens with zero attached hydrogens (tertiary/aromatic N) is 4. The number of carbonyl (C=O) groups excluding carboxylic acids is 1. The molecule has 0 aliphatic carbocycles. The predicted octanol–water partition coefficient (Wildman–Crippen LogP) is 3.23. The number of halogens is 1. The number of aryl methyl sites for hydroxylation is 1. The Morgan fingerprint density at radius 3 is 2.77 bits per heavy atom. The van der Waals surface area contributed by atoms with Crippen molar-refractivity contribution in [3.63, 3.8) is 0 Å². The van der Waals surface area contributed by atoms with Gasteiger partial charge in [0.15, 0.2) is 0 Å². The highest BCUT2D eigenvalue weighted by Crippen LogP contribution is 2.32. The SMILES string of the molecule is COCC(=O)N1CCC[C@H](c2nc(C)c3c(n2)N(Cc2ccc(F)cc2)CCC3)C1. The van der Waals surface area contributed by atoms with Gasteiger partial charge >= 0.3 is 0 Å². The lowest BCUT2D eigenvalue weighted by Crippen LogP contribution is -2.41. The van der Waals surface area contributed by atoms with Crippen LogP contribution < -0.4 is 4.90 Å². The van der Waals surface area contributed by atoms with E-state index in [1.165, 1.54) is 17.7 Å². The third-order valence-corrected chi connectivity index (χ3v) is 6.06. The highest BCUT2D eigenvalue weighted by atomic mass is 19.1. The topological polar surface area (TPSA) is 58.6 Å². The van der Waals surface area contributed by atoms with Crippen molar-refractivity contribution in [1.29, 1.82) is 0 Å². The van der Waals surface area contributed by atoms with Gasteiger partial charge in [-0.2, -0.15) is 0 Å². The number of likely N-dealkylation sites (tertiary alicyclic amines) is 1. The van der Waals surface area contributed by atoms with Crippen molar-refractivity contribution in [3.05, 3.63) is 52.7 Å². The first kappa shape index (κ1) is 20.7. The average molecular weight is 413 g/mol. The third kappa shape index (κ3) is 4.46. The third-order valence-electron chi connectivity index (χ3n) is 6.06. The maximum absolute atomic E-state index is 13.3. The minimum absolute atomic E-state index is 0.0230. The molecule has 1 aromatic heterocycles. The van der Waals surface area contributed by atoms with Crippen LogP contribution in [0.3, 0.4) is 0 Å². The number of hydrogen-bond donors (Lipinski definition) is 0. The van der Waals surface area contributed by atoms with Gasteiger partial charge in [-0.3, -0.25) is 4.79 Å². The Morgan fingerprint density at radius 2 is 2.00 bits per heavy atom. The van der Waals surface area contributed by atoms with E-state index in [4.69, 9.17) is 14.7 Å². The number of piperidine rings is 1. The van der Waals surface area contributed by atoms with E-state index in [2.05, 4.69) is 11.8 Å². The van der Waals surface area contributed by atoms with Crippen LogP contribution in [-0.2, 0) is 22.5 Å². The zero-order valence-corrected chi connectivity index (χ0v) is 17.7. The second kappa shape index (κ2) is 9.08. The van der Waals surface area contributed by atoms with E-state index in [0.717, 1.165) is 61.7 Å². The molecule has 1 fully saturated rings. The first-order valence-electron chi connectivity index (χ1n) is 10.7. The summed E-state index contributed by atoms with van der Waals surface area (Å²) in [6, 6.07) is 6.67. The number of ether oxygens (including phenoxy) is 1. The Labute approximate surface area is 177 Å². The van der Waals surface area contributed by atoms with Gasteiger partial charge in [0.1, 0.15) is 24.1 Å². The van der Waals surface area contributed by atoms with Crippen molar-refractivity contribution in [2.45, 2.75) is 45.1 Å². The molecular weight excluding hydrogens is 383 g/mol. The first-order valence-corrected chi connectivity index (χ1v) is 10.7. The number of hydrogen-bond acceptors (Lipinski definition) is 5. The van der Waals surface area contributed by atoms with E-state index in [0.29, 0.717) is 13.1 Å². The molecule has 0 radical (unpaired) electrons. The summed E-state index contributed by atoms with van der Waals surface area (Å²) in [4.78, 5) is 26.3. The molecule has 2 aliphatic heterocycles. The molecule has 0 spiro atoms. The van der Waals surface area contributed by atoms with Crippen molar-refractivity contribution in [2.75, 3.05) is 38.3 Å². The highest BCUT2D eigenvalue weighted by molar-refractivity contribution is 5.77. The number of amides is 1. The lowest BCUT2D eigenvalue weighted by Gasteiger charge is -2.34. The number of carbonyl (C=O) groups is 1. The molecule has 160 valence electrons. The fourth-order valence-corrected chi connectivity index (χ4v) is 4.48. The smallest absolute Gasteiger partial charge is 0.248 e. The second-order valence-electron chi connectivity index (χ2n) is 8.23. The molecule has 1 saturated heterocycles. The fraction of sp³-hybridized carbons (Fsp3) is 0.522. The van der Waals surface area contributed by atoms with E-state index < -0.39 is 0 Å². The highest BCUT2D eigenvalue weighted by Gasteiger charge is 2.29. The molecule has 7 heteroatoms. The van der Waals surface area contributed by atoms with Crippen LogP contribution >= 0.6 is 0 Å². The van der Waals surface area contributed by atoms with Crippen LogP contribution in [0.1, 0.15) is 47.8 Å². The zero-order chi connectivity index (χ0) is 21.1. The minimum atomic E-state index is -0.219. The predicted molar refractivity (Wildman–Crippen MR) is 113 cm³/mol. The monoisotopic (exact) mass is 412 g/mol. The van der Waals surface area contributed by atoms with E-state index in [1.54, 1.807) is 7.11 Å². The van der Waals surface area contributed by atoms with Crippen LogP contribution in [0.2, 0.25) is 0 Å². The fourth-order valence-electron chi connectivity index (χ4n) is 4.48. The number of anilines is 1. The lowest BCUT2D eigenvalue weighted by molar-refractivity contribution is -0.136. The standard InChI is InChI=1S/C23H29FN4O2/c1-16-20-6-4-12-28(13-17-7-9-19(24)10-8-17)23(20)26-22(25-16)18-5-3-11-27(14-18)21(29)15-30-2/h7-10,18H,3-6,11-15H2,1-2H3/t18-/m0/s1. The molecule has 0 bridgehead atoms.